The van der Waals surface area contributed by atoms with Crippen LogP contribution in [0.25, 0.3) is 11.0 Å². The van der Waals surface area contributed by atoms with Gasteiger partial charge in [-0.1, -0.05) is 11.8 Å². The number of benzene rings is 1. The zero-order valence-corrected chi connectivity index (χ0v) is 21.4. The second kappa shape index (κ2) is 9.07. The number of thioether (sulfide) groups is 1. The SMILES string of the molecule is Cc1cnc(COc2cnc3c(Nc4cc(F)c(F)c([C@@]5(C)N=C(N)S[C@@]6(C(F)F)C[C@@H]56)c4)nccc3n2)o1. The monoisotopic (exact) mass is 559 g/mol. The molecule has 39 heavy (non-hydrogen) atoms. The summed E-state index contributed by atoms with van der Waals surface area (Å²) in [6.45, 7) is 3.32. The Bertz CT molecular complexity index is 1630. The molecule has 202 valence electrons. The molecular formula is C25H21F4N7O2S. The number of amidine groups is 1. The largest absolute Gasteiger partial charge is 0.467 e. The van der Waals surface area contributed by atoms with E-state index in [-0.39, 0.29) is 41.1 Å². The molecule has 14 heteroatoms. The number of aromatic nitrogens is 4. The number of nitrogens with two attached hydrogens (primary N) is 1. The van der Waals surface area contributed by atoms with Crippen molar-refractivity contribution in [3.05, 3.63) is 65.6 Å². The lowest BCUT2D eigenvalue weighted by Gasteiger charge is -2.34. The van der Waals surface area contributed by atoms with Crippen molar-refractivity contribution >= 4 is 39.5 Å². The van der Waals surface area contributed by atoms with E-state index in [9.17, 15) is 13.2 Å². The number of rotatable bonds is 7. The van der Waals surface area contributed by atoms with Gasteiger partial charge in [-0.25, -0.2) is 37.5 Å². The van der Waals surface area contributed by atoms with Crippen LogP contribution in [0.4, 0.5) is 29.1 Å². The standard InChI is InChI=1S/C25H21F4N7O2S/c1-11-8-32-18(38-11)10-37-17-9-33-20-15(35-17)3-4-31-21(20)34-12-5-13(19(27)14(26)6-12)24(2)16-7-25(16,22(28)29)39-23(30)36-24/h3-6,8-9,16,22H,7,10H2,1-2H3,(H2,30,36)(H,31,34)/t16-,24+,25-/m0/s1. The third-order valence-electron chi connectivity index (χ3n) is 6.92. The molecule has 1 aromatic carbocycles. The predicted molar refractivity (Wildman–Crippen MR) is 136 cm³/mol. The Balaban J connectivity index is 1.30. The van der Waals surface area contributed by atoms with Crippen LogP contribution in [-0.4, -0.2) is 36.3 Å². The number of nitrogens with one attached hydrogen (secondary N) is 1. The molecule has 1 aliphatic heterocycles. The third-order valence-corrected chi connectivity index (χ3v) is 8.23. The number of aliphatic imine (C=N–C) groups is 1. The number of nitrogens with zero attached hydrogens (tertiary/aromatic N) is 5. The lowest BCUT2D eigenvalue weighted by molar-refractivity contribution is 0.123. The summed E-state index contributed by atoms with van der Waals surface area (Å²) in [6, 6.07) is 3.90. The van der Waals surface area contributed by atoms with Gasteiger partial charge in [0, 0.05) is 29.4 Å². The van der Waals surface area contributed by atoms with Crippen LogP contribution in [0.2, 0.25) is 0 Å². The number of alkyl halides is 2. The maximum absolute atomic E-state index is 15.1. The van der Waals surface area contributed by atoms with Gasteiger partial charge in [0.15, 0.2) is 29.2 Å². The number of anilines is 2. The van der Waals surface area contributed by atoms with E-state index in [0.29, 0.717) is 22.7 Å². The van der Waals surface area contributed by atoms with Crippen LogP contribution in [0.1, 0.15) is 30.6 Å². The van der Waals surface area contributed by atoms with Crippen molar-refractivity contribution in [2.45, 2.75) is 43.6 Å². The summed E-state index contributed by atoms with van der Waals surface area (Å²) < 4.78 is 67.2. The number of halogens is 4. The molecule has 0 radical (unpaired) electrons. The topological polar surface area (TPSA) is 124 Å². The van der Waals surface area contributed by atoms with E-state index in [1.807, 2.05) is 0 Å². The molecular weight excluding hydrogens is 538 g/mol. The average molecular weight is 560 g/mol. The normalized spacial score (nSPS) is 24.0. The minimum absolute atomic E-state index is 0.0555. The molecule has 4 aromatic rings. The Hall–Kier alpha value is -3.94. The van der Waals surface area contributed by atoms with Crippen molar-refractivity contribution in [1.29, 1.82) is 0 Å². The van der Waals surface area contributed by atoms with Crippen molar-refractivity contribution < 1.29 is 26.7 Å². The third kappa shape index (κ3) is 4.32. The Labute approximate surface area is 223 Å². The highest BCUT2D eigenvalue weighted by Gasteiger charge is 2.71. The maximum Gasteiger partial charge on any atom is 0.253 e. The molecule has 0 amide bonds. The average Bonchev–Trinajstić information content (AvgIpc) is 3.51. The molecule has 2 aliphatic rings. The first kappa shape index (κ1) is 25.3. The van der Waals surface area contributed by atoms with Gasteiger partial charge >= 0.3 is 0 Å². The van der Waals surface area contributed by atoms with E-state index in [0.717, 1.165) is 17.8 Å². The van der Waals surface area contributed by atoms with Crippen LogP contribution in [0.15, 0.2) is 46.2 Å². The number of ether oxygens (including phenoxy) is 1. The first-order chi connectivity index (χ1) is 18.6. The fraction of sp³-hybridized carbons (Fsp3) is 0.320. The second-order valence-electron chi connectivity index (χ2n) is 9.55. The van der Waals surface area contributed by atoms with Gasteiger partial charge in [-0.3, -0.25) is 4.99 Å². The van der Waals surface area contributed by atoms with E-state index < -0.39 is 34.3 Å². The van der Waals surface area contributed by atoms with Gasteiger partial charge in [-0.05, 0) is 32.4 Å². The van der Waals surface area contributed by atoms with Gasteiger partial charge in [-0.2, -0.15) is 0 Å². The van der Waals surface area contributed by atoms with Crippen molar-refractivity contribution in [2.24, 2.45) is 16.6 Å². The van der Waals surface area contributed by atoms with Crippen LogP contribution in [-0.2, 0) is 12.1 Å². The predicted octanol–water partition coefficient (Wildman–Crippen LogP) is 5.22. The van der Waals surface area contributed by atoms with Gasteiger partial charge in [0.05, 0.1) is 28.2 Å². The summed E-state index contributed by atoms with van der Waals surface area (Å²) in [5.74, 6) is -1.59. The lowest BCUT2D eigenvalue weighted by Crippen LogP contribution is -2.39. The fourth-order valence-electron chi connectivity index (χ4n) is 4.97. The first-order valence-corrected chi connectivity index (χ1v) is 12.7. The van der Waals surface area contributed by atoms with Gasteiger partial charge in [0.1, 0.15) is 11.3 Å². The number of hydrogen-bond acceptors (Lipinski definition) is 10. The highest BCUT2D eigenvalue weighted by atomic mass is 32.2. The van der Waals surface area contributed by atoms with Crippen LogP contribution in [0.5, 0.6) is 5.88 Å². The fourth-order valence-corrected chi connectivity index (χ4v) is 6.30. The zero-order chi connectivity index (χ0) is 27.5. The van der Waals surface area contributed by atoms with Crippen LogP contribution >= 0.6 is 11.8 Å². The molecule has 1 saturated carbocycles. The van der Waals surface area contributed by atoms with E-state index in [1.165, 1.54) is 25.4 Å². The highest BCUT2D eigenvalue weighted by molar-refractivity contribution is 8.15. The summed E-state index contributed by atoms with van der Waals surface area (Å²) in [5.41, 5.74) is 5.10. The van der Waals surface area contributed by atoms with Gasteiger partial charge in [-0.15, -0.1) is 0 Å². The molecule has 0 spiro atoms. The van der Waals surface area contributed by atoms with E-state index in [4.69, 9.17) is 14.9 Å². The first-order valence-electron chi connectivity index (χ1n) is 11.8. The summed E-state index contributed by atoms with van der Waals surface area (Å²) in [6.07, 6.45) is 1.81. The Morgan fingerprint density at radius 3 is 2.79 bits per heavy atom. The van der Waals surface area contributed by atoms with Gasteiger partial charge in [0.25, 0.3) is 6.43 Å². The minimum atomic E-state index is -2.69. The van der Waals surface area contributed by atoms with E-state index in [2.05, 4.69) is 30.2 Å². The van der Waals surface area contributed by atoms with Gasteiger partial charge in [0.2, 0.25) is 11.8 Å². The van der Waals surface area contributed by atoms with Gasteiger partial charge < -0.3 is 20.2 Å². The molecule has 0 unspecified atom stereocenters. The number of hydrogen-bond donors (Lipinski definition) is 2. The second-order valence-corrected chi connectivity index (χ2v) is 10.9. The summed E-state index contributed by atoms with van der Waals surface area (Å²) in [4.78, 5) is 21.4. The summed E-state index contributed by atoms with van der Waals surface area (Å²) in [5, 5.41) is 2.85. The number of fused-ring (bicyclic) bond motifs is 2. The van der Waals surface area contributed by atoms with E-state index >= 15 is 4.39 Å². The molecule has 3 N–H and O–H groups in total. The lowest BCUT2D eigenvalue weighted by atomic mass is 9.85. The molecule has 0 bridgehead atoms. The molecule has 3 atom stereocenters. The molecule has 9 nitrogen and oxygen atoms in total. The van der Waals surface area contributed by atoms with Crippen molar-refractivity contribution in [2.75, 3.05) is 5.32 Å². The Morgan fingerprint density at radius 1 is 1.23 bits per heavy atom. The smallest absolute Gasteiger partial charge is 0.253 e. The minimum Gasteiger partial charge on any atom is -0.467 e. The summed E-state index contributed by atoms with van der Waals surface area (Å²) >= 11 is 0.792. The Morgan fingerprint density at radius 2 is 2.05 bits per heavy atom. The molecule has 1 aliphatic carbocycles. The maximum atomic E-state index is 15.1. The summed E-state index contributed by atoms with van der Waals surface area (Å²) in [7, 11) is 0. The molecule has 4 heterocycles. The van der Waals surface area contributed by atoms with Crippen molar-refractivity contribution in [1.82, 2.24) is 19.9 Å². The molecule has 1 fully saturated rings. The van der Waals surface area contributed by atoms with Crippen LogP contribution in [0.3, 0.4) is 0 Å². The van der Waals surface area contributed by atoms with Crippen molar-refractivity contribution in [3.8, 4) is 5.88 Å². The molecule has 6 rings (SSSR count). The zero-order valence-electron chi connectivity index (χ0n) is 20.6. The van der Waals surface area contributed by atoms with E-state index in [1.54, 1.807) is 19.2 Å². The highest BCUT2D eigenvalue weighted by Crippen LogP contribution is 2.68. The van der Waals surface area contributed by atoms with Crippen LogP contribution in [0, 0.1) is 24.5 Å². The molecule has 0 saturated heterocycles. The number of aryl methyl sites for hydroxylation is 1. The van der Waals surface area contributed by atoms with Crippen LogP contribution < -0.4 is 15.8 Å². The number of oxazole rings is 1. The Kier molecular flexibility index (Phi) is 5.90. The quantitative estimate of drug-likeness (QED) is 0.293. The number of pyridine rings is 1. The van der Waals surface area contributed by atoms with Crippen molar-refractivity contribution in [3.63, 3.8) is 0 Å². The molecule has 3 aromatic heterocycles.